The molecule has 15 heavy (non-hydrogen) atoms. The summed E-state index contributed by atoms with van der Waals surface area (Å²) in [6.45, 7) is 10.3. The average molecular weight is 207 g/mol. The molecule has 84 valence electrons. The monoisotopic (exact) mass is 207 g/mol. The first-order valence-electron chi connectivity index (χ1n) is 5.48. The molecule has 0 amide bonds. The van der Waals surface area contributed by atoms with Gasteiger partial charge in [-0.1, -0.05) is 26.8 Å². The van der Waals surface area contributed by atoms with Crippen molar-refractivity contribution in [1.82, 2.24) is 0 Å². The summed E-state index contributed by atoms with van der Waals surface area (Å²) in [4.78, 5) is 0. The quantitative estimate of drug-likeness (QED) is 0.815. The van der Waals surface area contributed by atoms with Crippen molar-refractivity contribution in [1.29, 1.82) is 0 Å². The van der Waals surface area contributed by atoms with Crippen LogP contribution in [0.5, 0.6) is 5.75 Å². The van der Waals surface area contributed by atoms with Gasteiger partial charge in [0, 0.05) is 18.3 Å². The highest BCUT2D eigenvalue weighted by Crippen LogP contribution is 2.19. The van der Waals surface area contributed by atoms with Gasteiger partial charge in [-0.2, -0.15) is 0 Å². The Morgan fingerprint density at radius 3 is 2.60 bits per heavy atom. The second kappa shape index (κ2) is 5.06. The number of rotatable bonds is 4. The van der Waals surface area contributed by atoms with Crippen molar-refractivity contribution in [3.05, 3.63) is 24.3 Å². The number of hydrogen-bond donors (Lipinski definition) is 1. The van der Waals surface area contributed by atoms with E-state index in [9.17, 15) is 0 Å². The van der Waals surface area contributed by atoms with Crippen molar-refractivity contribution in [2.45, 2.75) is 27.7 Å². The van der Waals surface area contributed by atoms with Gasteiger partial charge in [0.05, 0.1) is 6.61 Å². The molecule has 1 N–H and O–H groups in total. The van der Waals surface area contributed by atoms with E-state index in [4.69, 9.17) is 4.74 Å². The number of hydrogen-bond acceptors (Lipinski definition) is 2. The Labute approximate surface area is 92.6 Å². The first kappa shape index (κ1) is 11.9. The maximum absolute atomic E-state index is 5.44. The van der Waals surface area contributed by atoms with Gasteiger partial charge in [0.25, 0.3) is 0 Å². The molecule has 2 nitrogen and oxygen atoms in total. The topological polar surface area (TPSA) is 21.3 Å². The molecule has 0 fully saturated rings. The van der Waals surface area contributed by atoms with Gasteiger partial charge in [-0.25, -0.2) is 0 Å². The van der Waals surface area contributed by atoms with Crippen molar-refractivity contribution >= 4 is 5.69 Å². The van der Waals surface area contributed by atoms with Crippen molar-refractivity contribution in [3.8, 4) is 5.75 Å². The largest absolute Gasteiger partial charge is 0.494 e. The number of nitrogens with one attached hydrogen (secondary N) is 1. The van der Waals surface area contributed by atoms with Crippen LogP contribution in [-0.4, -0.2) is 13.2 Å². The van der Waals surface area contributed by atoms with Crippen molar-refractivity contribution in [2.75, 3.05) is 18.5 Å². The molecule has 1 rings (SSSR count). The number of benzene rings is 1. The fraction of sp³-hybridized carbons (Fsp3) is 0.538. The minimum Gasteiger partial charge on any atom is -0.494 e. The van der Waals surface area contributed by atoms with E-state index in [0.717, 1.165) is 18.0 Å². The predicted octanol–water partition coefficient (Wildman–Crippen LogP) is 3.54. The van der Waals surface area contributed by atoms with Gasteiger partial charge in [-0.15, -0.1) is 0 Å². The van der Waals surface area contributed by atoms with E-state index in [2.05, 4.69) is 32.2 Å². The maximum Gasteiger partial charge on any atom is 0.121 e. The van der Waals surface area contributed by atoms with Crippen LogP contribution in [0.15, 0.2) is 24.3 Å². The molecule has 0 saturated heterocycles. The Kier molecular flexibility index (Phi) is 4.01. The van der Waals surface area contributed by atoms with Crippen LogP contribution in [0, 0.1) is 5.41 Å². The lowest BCUT2D eigenvalue weighted by atomic mass is 9.97. The predicted molar refractivity (Wildman–Crippen MR) is 65.6 cm³/mol. The number of anilines is 1. The highest BCUT2D eigenvalue weighted by Gasteiger charge is 2.09. The van der Waals surface area contributed by atoms with E-state index in [1.54, 1.807) is 0 Å². The molecule has 2 heteroatoms. The summed E-state index contributed by atoms with van der Waals surface area (Å²) >= 11 is 0. The van der Waals surface area contributed by atoms with Crippen LogP contribution in [0.4, 0.5) is 5.69 Å². The molecule has 0 radical (unpaired) electrons. The highest BCUT2D eigenvalue weighted by atomic mass is 16.5. The van der Waals surface area contributed by atoms with E-state index < -0.39 is 0 Å². The third-order valence-corrected chi connectivity index (χ3v) is 1.97. The standard InChI is InChI=1S/C13H21NO/c1-5-15-12-8-6-7-11(9-12)14-10-13(2,3)4/h6-9,14H,5,10H2,1-4H3. The molecule has 0 atom stereocenters. The third-order valence-electron chi connectivity index (χ3n) is 1.97. The Bertz CT molecular complexity index is 302. The van der Waals surface area contributed by atoms with Crippen LogP contribution in [0.2, 0.25) is 0 Å². The molecule has 0 aliphatic heterocycles. The molecule has 0 aliphatic rings. The summed E-state index contributed by atoms with van der Waals surface area (Å²) in [6, 6.07) is 8.09. The van der Waals surface area contributed by atoms with E-state index >= 15 is 0 Å². The Morgan fingerprint density at radius 1 is 1.27 bits per heavy atom. The summed E-state index contributed by atoms with van der Waals surface area (Å²) in [5.74, 6) is 0.927. The summed E-state index contributed by atoms with van der Waals surface area (Å²) in [6.07, 6.45) is 0. The lowest BCUT2D eigenvalue weighted by molar-refractivity contribution is 0.340. The summed E-state index contributed by atoms with van der Waals surface area (Å²) in [5.41, 5.74) is 1.41. The minimum absolute atomic E-state index is 0.293. The van der Waals surface area contributed by atoms with Crippen molar-refractivity contribution in [2.24, 2.45) is 5.41 Å². The zero-order valence-corrected chi connectivity index (χ0v) is 10.1. The second-order valence-electron chi connectivity index (χ2n) is 4.88. The summed E-state index contributed by atoms with van der Waals surface area (Å²) in [5, 5.41) is 3.40. The molecule has 0 saturated carbocycles. The first-order valence-corrected chi connectivity index (χ1v) is 5.48. The zero-order valence-electron chi connectivity index (χ0n) is 10.1. The van der Waals surface area contributed by atoms with Crippen LogP contribution in [0.1, 0.15) is 27.7 Å². The molecule has 0 unspecified atom stereocenters. The molecular formula is C13H21NO. The molecule has 0 bridgehead atoms. The Balaban J connectivity index is 2.57. The smallest absolute Gasteiger partial charge is 0.121 e. The van der Waals surface area contributed by atoms with Crippen LogP contribution in [0.25, 0.3) is 0 Å². The molecule has 0 aromatic heterocycles. The van der Waals surface area contributed by atoms with Gasteiger partial charge < -0.3 is 10.1 Å². The fourth-order valence-corrected chi connectivity index (χ4v) is 1.23. The van der Waals surface area contributed by atoms with Gasteiger partial charge >= 0.3 is 0 Å². The zero-order chi connectivity index (χ0) is 11.3. The molecule has 0 heterocycles. The SMILES string of the molecule is CCOc1cccc(NCC(C)(C)C)c1. The minimum atomic E-state index is 0.293. The summed E-state index contributed by atoms with van der Waals surface area (Å²) < 4.78 is 5.44. The fourth-order valence-electron chi connectivity index (χ4n) is 1.23. The van der Waals surface area contributed by atoms with Crippen molar-refractivity contribution < 1.29 is 4.74 Å². The second-order valence-corrected chi connectivity index (χ2v) is 4.88. The van der Waals surface area contributed by atoms with Gasteiger partial charge in [-0.05, 0) is 24.5 Å². The molecule has 1 aromatic carbocycles. The Hall–Kier alpha value is -1.18. The first-order chi connectivity index (χ1) is 7.01. The number of ether oxygens (including phenoxy) is 1. The highest BCUT2D eigenvalue weighted by molar-refractivity contribution is 5.48. The average Bonchev–Trinajstić information content (AvgIpc) is 2.15. The molecule has 1 aromatic rings. The molecular weight excluding hydrogens is 186 g/mol. The van der Waals surface area contributed by atoms with E-state index in [1.807, 2.05) is 25.1 Å². The van der Waals surface area contributed by atoms with Crippen LogP contribution < -0.4 is 10.1 Å². The normalized spacial score (nSPS) is 11.2. The maximum atomic E-state index is 5.44. The van der Waals surface area contributed by atoms with E-state index in [0.29, 0.717) is 12.0 Å². The van der Waals surface area contributed by atoms with Crippen LogP contribution in [0.3, 0.4) is 0 Å². The van der Waals surface area contributed by atoms with E-state index in [1.165, 1.54) is 0 Å². The molecule has 0 spiro atoms. The van der Waals surface area contributed by atoms with Crippen molar-refractivity contribution in [3.63, 3.8) is 0 Å². The lowest BCUT2D eigenvalue weighted by Crippen LogP contribution is -2.18. The van der Waals surface area contributed by atoms with Gasteiger partial charge in [0.1, 0.15) is 5.75 Å². The van der Waals surface area contributed by atoms with Gasteiger partial charge in [0.15, 0.2) is 0 Å². The van der Waals surface area contributed by atoms with Gasteiger partial charge in [0.2, 0.25) is 0 Å². The van der Waals surface area contributed by atoms with Gasteiger partial charge in [-0.3, -0.25) is 0 Å². The van der Waals surface area contributed by atoms with Crippen LogP contribution >= 0.6 is 0 Å². The third kappa shape index (κ3) is 4.73. The Morgan fingerprint density at radius 2 is 2.00 bits per heavy atom. The van der Waals surface area contributed by atoms with Crippen LogP contribution in [-0.2, 0) is 0 Å². The summed E-state index contributed by atoms with van der Waals surface area (Å²) in [7, 11) is 0. The molecule has 0 aliphatic carbocycles. The van der Waals surface area contributed by atoms with E-state index in [-0.39, 0.29) is 0 Å². The lowest BCUT2D eigenvalue weighted by Gasteiger charge is -2.19.